The zero-order valence-corrected chi connectivity index (χ0v) is 15.9. The van der Waals surface area contributed by atoms with Crippen molar-refractivity contribution in [3.05, 3.63) is 36.0 Å². The second kappa shape index (κ2) is 7.44. The number of nitrogens with one attached hydrogen (secondary N) is 1. The largest absolute Gasteiger partial charge is 0.493 e. The molecule has 1 saturated heterocycles. The summed E-state index contributed by atoms with van der Waals surface area (Å²) in [6.45, 7) is 3.60. The lowest BCUT2D eigenvalue weighted by molar-refractivity contribution is 0.120. The monoisotopic (exact) mass is 368 g/mol. The second-order valence-corrected chi connectivity index (χ2v) is 6.67. The molecule has 7 heteroatoms. The fraction of sp³-hybridized carbons (Fsp3) is 0.400. The van der Waals surface area contributed by atoms with Gasteiger partial charge in [0.15, 0.2) is 17.1 Å². The number of aryl methyl sites for hydroxylation is 1. The number of hydrogen-bond donors (Lipinski definition) is 1. The van der Waals surface area contributed by atoms with Crippen molar-refractivity contribution in [3.63, 3.8) is 0 Å². The molecule has 27 heavy (non-hydrogen) atoms. The average Bonchev–Trinajstić information content (AvgIpc) is 3.35. The standard InChI is InChI=1S/C20H24N4O3/c1-13-9-19(21-12-15-5-4-8-27-15)24-20(22-13)11-16(23-24)14-6-7-17(25-2)18(10-14)26-3/h6-7,9-11,15,21H,4-5,8,12H2,1-3H3/t15-/m0/s1. The van der Waals surface area contributed by atoms with Crippen molar-refractivity contribution in [3.8, 4) is 22.8 Å². The van der Waals surface area contributed by atoms with Crippen LogP contribution >= 0.6 is 0 Å². The first-order valence-corrected chi connectivity index (χ1v) is 9.13. The molecule has 3 aromatic rings. The Morgan fingerprint density at radius 1 is 1.19 bits per heavy atom. The molecular formula is C20H24N4O3. The van der Waals surface area contributed by atoms with Crippen molar-refractivity contribution in [2.45, 2.75) is 25.9 Å². The van der Waals surface area contributed by atoms with Gasteiger partial charge in [-0.15, -0.1) is 0 Å². The fourth-order valence-corrected chi connectivity index (χ4v) is 3.39. The molecule has 3 heterocycles. The summed E-state index contributed by atoms with van der Waals surface area (Å²) in [5.74, 6) is 2.28. The minimum atomic E-state index is 0.259. The maximum Gasteiger partial charge on any atom is 0.161 e. The molecule has 0 bridgehead atoms. The SMILES string of the molecule is COc1ccc(-c2cc3nc(C)cc(NC[C@@H]4CCCO4)n3n2)cc1OC. The third-order valence-electron chi connectivity index (χ3n) is 4.77. The molecule has 0 saturated carbocycles. The van der Waals surface area contributed by atoms with Gasteiger partial charge in [-0.3, -0.25) is 0 Å². The number of hydrogen-bond acceptors (Lipinski definition) is 6. The van der Waals surface area contributed by atoms with E-state index in [2.05, 4.69) is 10.3 Å². The van der Waals surface area contributed by atoms with Gasteiger partial charge in [-0.05, 0) is 38.0 Å². The third kappa shape index (κ3) is 3.55. The van der Waals surface area contributed by atoms with E-state index in [0.29, 0.717) is 11.5 Å². The fourth-order valence-electron chi connectivity index (χ4n) is 3.39. The van der Waals surface area contributed by atoms with Crippen LogP contribution in [-0.4, -0.2) is 48.1 Å². The molecule has 1 aromatic carbocycles. The minimum absolute atomic E-state index is 0.259. The van der Waals surface area contributed by atoms with Gasteiger partial charge in [-0.2, -0.15) is 9.61 Å². The Morgan fingerprint density at radius 3 is 2.78 bits per heavy atom. The summed E-state index contributed by atoms with van der Waals surface area (Å²) in [5, 5.41) is 8.22. The summed E-state index contributed by atoms with van der Waals surface area (Å²) in [7, 11) is 3.25. The molecule has 1 aliphatic heterocycles. The Morgan fingerprint density at radius 2 is 2.04 bits per heavy atom. The second-order valence-electron chi connectivity index (χ2n) is 6.67. The number of benzene rings is 1. The first-order valence-electron chi connectivity index (χ1n) is 9.13. The smallest absolute Gasteiger partial charge is 0.161 e. The summed E-state index contributed by atoms with van der Waals surface area (Å²) in [6, 6.07) is 9.76. The zero-order valence-electron chi connectivity index (χ0n) is 15.9. The van der Waals surface area contributed by atoms with Gasteiger partial charge in [-0.1, -0.05) is 0 Å². The molecule has 0 aliphatic carbocycles. The Kier molecular flexibility index (Phi) is 4.85. The lowest BCUT2D eigenvalue weighted by Gasteiger charge is -2.13. The third-order valence-corrected chi connectivity index (χ3v) is 4.77. The molecule has 2 aromatic heterocycles. The number of fused-ring (bicyclic) bond motifs is 1. The molecular weight excluding hydrogens is 344 g/mol. The van der Waals surface area contributed by atoms with Crippen molar-refractivity contribution in [1.82, 2.24) is 14.6 Å². The van der Waals surface area contributed by atoms with Crippen molar-refractivity contribution in [1.29, 1.82) is 0 Å². The van der Waals surface area contributed by atoms with E-state index in [4.69, 9.17) is 19.3 Å². The highest BCUT2D eigenvalue weighted by molar-refractivity contribution is 5.68. The van der Waals surface area contributed by atoms with E-state index in [9.17, 15) is 0 Å². The number of ether oxygens (including phenoxy) is 3. The first-order chi connectivity index (χ1) is 13.2. The molecule has 1 N–H and O–H groups in total. The normalized spacial score (nSPS) is 16.6. The molecule has 0 amide bonds. The van der Waals surface area contributed by atoms with Crippen LogP contribution in [0.15, 0.2) is 30.3 Å². The molecule has 0 unspecified atom stereocenters. The summed E-state index contributed by atoms with van der Waals surface area (Å²) in [5.41, 5.74) is 3.51. The van der Waals surface area contributed by atoms with Gasteiger partial charge in [-0.25, -0.2) is 4.98 Å². The van der Waals surface area contributed by atoms with E-state index < -0.39 is 0 Å². The molecule has 7 nitrogen and oxygen atoms in total. The van der Waals surface area contributed by atoms with E-state index in [1.54, 1.807) is 14.2 Å². The summed E-state index contributed by atoms with van der Waals surface area (Å²) >= 11 is 0. The van der Waals surface area contributed by atoms with Gasteiger partial charge in [0.1, 0.15) is 5.82 Å². The van der Waals surface area contributed by atoms with E-state index >= 15 is 0 Å². The summed E-state index contributed by atoms with van der Waals surface area (Å²) < 4.78 is 18.3. The molecule has 1 aliphatic rings. The topological polar surface area (TPSA) is 69.9 Å². The van der Waals surface area contributed by atoms with Crippen molar-refractivity contribution in [2.75, 3.05) is 32.7 Å². The number of nitrogens with zero attached hydrogens (tertiary/aromatic N) is 3. The highest BCUT2D eigenvalue weighted by Crippen LogP contribution is 2.32. The van der Waals surface area contributed by atoms with Crippen LogP contribution in [0.5, 0.6) is 11.5 Å². The molecule has 142 valence electrons. The van der Waals surface area contributed by atoms with Gasteiger partial charge >= 0.3 is 0 Å². The van der Waals surface area contributed by atoms with Gasteiger partial charge in [0.25, 0.3) is 0 Å². The maximum absolute atomic E-state index is 5.71. The molecule has 0 radical (unpaired) electrons. The number of methoxy groups -OCH3 is 2. The number of anilines is 1. The Bertz CT molecular complexity index is 948. The first kappa shape index (κ1) is 17.6. The van der Waals surface area contributed by atoms with Crippen molar-refractivity contribution in [2.24, 2.45) is 0 Å². The highest BCUT2D eigenvalue weighted by Gasteiger charge is 2.17. The zero-order chi connectivity index (χ0) is 18.8. The van der Waals surface area contributed by atoms with Gasteiger partial charge in [0, 0.05) is 36.5 Å². The lowest BCUT2D eigenvalue weighted by Crippen LogP contribution is -2.20. The quantitative estimate of drug-likeness (QED) is 0.720. The Labute approximate surface area is 158 Å². The van der Waals surface area contributed by atoms with Crippen molar-refractivity contribution >= 4 is 11.5 Å². The van der Waals surface area contributed by atoms with Crippen LogP contribution in [0, 0.1) is 6.92 Å². The Hall–Kier alpha value is -2.80. The predicted octanol–water partition coefficient (Wildman–Crippen LogP) is 3.31. The molecule has 1 atom stereocenters. The minimum Gasteiger partial charge on any atom is -0.493 e. The van der Waals surface area contributed by atoms with E-state index in [-0.39, 0.29) is 6.10 Å². The molecule has 1 fully saturated rings. The van der Waals surface area contributed by atoms with Crippen LogP contribution in [-0.2, 0) is 4.74 Å². The van der Waals surface area contributed by atoms with Gasteiger partial charge in [0.2, 0.25) is 0 Å². The molecule has 0 spiro atoms. The Balaban J connectivity index is 1.68. The van der Waals surface area contributed by atoms with Gasteiger partial charge < -0.3 is 19.5 Å². The van der Waals surface area contributed by atoms with Gasteiger partial charge in [0.05, 0.1) is 26.0 Å². The predicted molar refractivity (Wildman–Crippen MR) is 104 cm³/mol. The average molecular weight is 368 g/mol. The van der Waals surface area contributed by atoms with Crippen LogP contribution in [0.1, 0.15) is 18.5 Å². The van der Waals surface area contributed by atoms with E-state index in [1.165, 1.54) is 0 Å². The summed E-state index contributed by atoms with van der Waals surface area (Å²) in [6.07, 6.45) is 2.48. The summed E-state index contributed by atoms with van der Waals surface area (Å²) in [4.78, 5) is 4.61. The van der Waals surface area contributed by atoms with Crippen LogP contribution < -0.4 is 14.8 Å². The maximum atomic E-state index is 5.71. The van der Waals surface area contributed by atoms with Crippen LogP contribution in [0.25, 0.3) is 16.9 Å². The highest BCUT2D eigenvalue weighted by atomic mass is 16.5. The molecule has 4 rings (SSSR count). The lowest BCUT2D eigenvalue weighted by atomic mass is 10.1. The van der Waals surface area contributed by atoms with Crippen LogP contribution in [0.3, 0.4) is 0 Å². The number of aromatic nitrogens is 3. The van der Waals surface area contributed by atoms with Crippen LogP contribution in [0.2, 0.25) is 0 Å². The van der Waals surface area contributed by atoms with E-state index in [1.807, 2.05) is 41.8 Å². The van der Waals surface area contributed by atoms with Crippen LogP contribution in [0.4, 0.5) is 5.82 Å². The van der Waals surface area contributed by atoms with E-state index in [0.717, 1.165) is 54.4 Å². The number of rotatable bonds is 6. The van der Waals surface area contributed by atoms with Crippen molar-refractivity contribution < 1.29 is 14.2 Å².